The Morgan fingerprint density at radius 2 is 2.33 bits per heavy atom. The van der Waals surface area contributed by atoms with E-state index in [4.69, 9.17) is 16.3 Å². The first-order valence-electron chi connectivity index (χ1n) is 7.41. The Balaban J connectivity index is 1.43. The molecule has 2 fully saturated rings. The lowest BCUT2D eigenvalue weighted by molar-refractivity contribution is -0.124. The molecule has 3 rings (SSSR count). The predicted molar refractivity (Wildman–Crippen MR) is 78.9 cm³/mol. The summed E-state index contributed by atoms with van der Waals surface area (Å²) in [5, 5.41) is 3.05. The maximum atomic E-state index is 13.2. The fourth-order valence-electron chi connectivity index (χ4n) is 3.61. The Morgan fingerprint density at radius 1 is 1.52 bits per heavy atom. The standard InChI is InChI=1S/C16H19ClFNO2/c1-2-5-16-7-11(16)14(8-16)19-15(20)9-21-10-3-4-12(17)13(18)6-10/h3-4,6,11,14H,2,5,7-9H2,1H3,(H,19,20). The van der Waals surface area contributed by atoms with Crippen molar-refractivity contribution in [3.63, 3.8) is 0 Å². The molecule has 21 heavy (non-hydrogen) atoms. The number of nitrogens with one attached hydrogen (secondary N) is 1. The summed E-state index contributed by atoms with van der Waals surface area (Å²) < 4.78 is 18.5. The molecule has 1 amide bonds. The van der Waals surface area contributed by atoms with Gasteiger partial charge in [-0.05, 0) is 42.7 Å². The Kier molecular flexibility index (Phi) is 3.82. The molecule has 0 aliphatic heterocycles. The van der Waals surface area contributed by atoms with E-state index in [0.717, 1.165) is 6.42 Å². The summed E-state index contributed by atoms with van der Waals surface area (Å²) in [5.74, 6) is 0.282. The van der Waals surface area contributed by atoms with Gasteiger partial charge in [0, 0.05) is 12.1 Å². The molecule has 3 atom stereocenters. The molecule has 2 saturated carbocycles. The zero-order valence-electron chi connectivity index (χ0n) is 12.0. The lowest BCUT2D eigenvalue weighted by Crippen LogP contribution is -2.47. The number of rotatable bonds is 6. The minimum Gasteiger partial charge on any atom is -0.484 e. The fraction of sp³-hybridized carbons (Fsp3) is 0.562. The summed E-state index contributed by atoms with van der Waals surface area (Å²) in [6.07, 6.45) is 4.81. The maximum absolute atomic E-state index is 13.2. The normalized spacial score (nSPS) is 29.3. The number of fused-ring (bicyclic) bond motifs is 1. The van der Waals surface area contributed by atoms with Crippen LogP contribution in [0.2, 0.25) is 5.02 Å². The smallest absolute Gasteiger partial charge is 0.258 e. The van der Waals surface area contributed by atoms with Gasteiger partial charge < -0.3 is 10.1 Å². The SMILES string of the molecule is CCCC12CC(NC(=O)COc3ccc(Cl)c(F)c3)C1C2. The largest absolute Gasteiger partial charge is 0.484 e. The Hall–Kier alpha value is -1.29. The monoisotopic (exact) mass is 311 g/mol. The first kappa shape index (κ1) is 14.6. The molecule has 0 spiro atoms. The number of halogens is 2. The second-order valence-electron chi connectivity index (χ2n) is 6.17. The highest BCUT2D eigenvalue weighted by molar-refractivity contribution is 6.30. The molecule has 0 heterocycles. The topological polar surface area (TPSA) is 38.3 Å². The molecule has 3 unspecified atom stereocenters. The van der Waals surface area contributed by atoms with Crippen molar-refractivity contribution in [3.8, 4) is 5.75 Å². The highest BCUT2D eigenvalue weighted by atomic mass is 35.5. The highest BCUT2D eigenvalue weighted by Gasteiger charge is 2.66. The van der Waals surface area contributed by atoms with Gasteiger partial charge in [0.05, 0.1) is 5.02 Å². The van der Waals surface area contributed by atoms with Crippen LogP contribution in [0.25, 0.3) is 0 Å². The van der Waals surface area contributed by atoms with Crippen LogP contribution in [0, 0.1) is 17.2 Å². The molecule has 0 bridgehead atoms. The zero-order chi connectivity index (χ0) is 15.0. The summed E-state index contributed by atoms with van der Waals surface area (Å²) in [4.78, 5) is 11.8. The van der Waals surface area contributed by atoms with E-state index in [2.05, 4.69) is 12.2 Å². The molecule has 2 aliphatic carbocycles. The van der Waals surface area contributed by atoms with Crippen LogP contribution in [0.1, 0.15) is 32.6 Å². The number of hydrogen-bond acceptors (Lipinski definition) is 2. The van der Waals surface area contributed by atoms with E-state index in [0.29, 0.717) is 23.1 Å². The average Bonchev–Trinajstić information content (AvgIpc) is 3.03. The van der Waals surface area contributed by atoms with Gasteiger partial charge in [-0.3, -0.25) is 4.79 Å². The number of carbonyl (C=O) groups is 1. The average molecular weight is 312 g/mol. The van der Waals surface area contributed by atoms with Crippen LogP contribution in [0.3, 0.4) is 0 Å². The van der Waals surface area contributed by atoms with E-state index in [1.165, 1.54) is 31.4 Å². The Labute approximate surface area is 128 Å². The zero-order valence-corrected chi connectivity index (χ0v) is 12.8. The number of hydrogen-bond donors (Lipinski definition) is 1. The van der Waals surface area contributed by atoms with E-state index in [9.17, 15) is 9.18 Å². The Morgan fingerprint density at radius 3 is 3.00 bits per heavy atom. The third-order valence-corrected chi connectivity index (χ3v) is 5.03. The van der Waals surface area contributed by atoms with Gasteiger partial charge >= 0.3 is 0 Å². The second kappa shape index (κ2) is 5.48. The minimum atomic E-state index is -0.545. The molecule has 0 saturated heterocycles. The molecule has 3 nitrogen and oxygen atoms in total. The van der Waals surface area contributed by atoms with Gasteiger partial charge in [-0.25, -0.2) is 4.39 Å². The van der Waals surface area contributed by atoms with Gasteiger partial charge in [0.1, 0.15) is 11.6 Å². The fourth-order valence-corrected chi connectivity index (χ4v) is 3.72. The van der Waals surface area contributed by atoms with Crippen LogP contribution in [-0.2, 0) is 4.79 Å². The quantitative estimate of drug-likeness (QED) is 0.872. The van der Waals surface area contributed by atoms with Crippen molar-refractivity contribution in [1.82, 2.24) is 5.32 Å². The van der Waals surface area contributed by atoms with Crippen molar-refractivity contribution < 1.29 is 13.9 Å². The number of amides is 1. The molecule has 2 aliphatic rings. The summed E-state index contributed by atoms with van der Waals surface area (Å²) in [6, 6.07) is 4.45. The van der Waals surface area contributed by atoms with Gasteiger partial charge in [0.15, 0.2) is 6.61 Å². The van der Waals surface area contributed by atoms with Crippen LogP contribution < -0.4 is 10.1 Å². The van der Waals surface area contributed by atoms with Gasteiger partial charge in [-0.15, -0.1) is 0 Å². The number of ether oxygens (including phenoxy) is 1. The summed E-state index contributed by atoms with van der Waals surface area (Å²) in [7, 11) is 0. The van der Waals surface area contributed by atoms with Crippen molar-refractivity contribution in [2.45, 2.75) is 38.6 Å². The first-order chi connectivity index (χ1) is 10.0. The van der Waals surface area contributed by atoms with Gasteiger partial charge in [-0.2, -0.15) is 0 Å². The van der Waals surface area contributed by atoms with Crippen molar-refractivity contribution in [2.24, 2.45) is 11.3 Å². The summed E-state index contributed by atoms with van der Waals surface area (Å²) in [6.45, 7) is 2.11. The number of carbonyl (C=O) groups excluding carboxylic acids is 1. The number of benzene rings is 1. The molecular weight excluding hydrogens is 293 g/mol. The van der Waals surface area contributed by atoms with Crippen molar-refractivity contribution >= 4 is 17.5 Å². The van der Waals surface area contributed by atoms with E-state index in [1.54, 1.807) is 6.07 Å². The second-order valence-corrected chi connectivity index (χ2v) is 6.57. The van der Waals surface area contributed by atoms with Gasteiger partial charge in [0.25, 0.3) is 5.91 Å². The molecule has 5 heteroatoms. The van der Waals surface area contributed by atoms with Crippen molar-refractivity contribution in [3.05, 3.63) is 29.0 Å². The molecular formula is C16H19ClFNO2. The highest BCUT2D eigenvalue weighted by Crippen LogP contribution is 2.69. The molecule has 114 valence electrons. The van der Waals surface area contributed by atoms with Crippen molar-refractivity contribution in [2.75, 3.05) is 6.61 Å². The maximum Gasteiger partial charge on any atom is 0.258 e. The molecule has 1 aromatic rings. The first-order valence-corrected chi connectivity index (χ1v) is 7.79. The van der Waals surface area contributed by atoms with E-state index < -0.39 is 5.82 Å². The Bertz CT molecular complexity index is 565. The van der Waals surface area contributed by atoms with Crippen molar-refractivity contribution in [1.29, 1.82) is 0 Å². The lowest BCUT2D eigenvalue weighted by Gasteiger charge is -2.35. The van der Waals surface area contributed by atoms with Crippen LogP contribution in [0.5, 0.6) is 5.75 Å². The third-order valence-electron chi connectivity index (χ3n) is 4.72. The molecule has 0 radical (unpaired) electrons. The van der Waals surface area contributed by atoms with E-state index in [1.807, 2.05) is 0 Å². The molecule has 0 aromatic heterocycles. The van der Waals surface area contributed by atoms with Crippen LogP contribution in [0.4, 0.5) is 4.39 Å². The third kappa shape index (κ3) is 2.86. The van der Waals surface area contributed by atoms with E-state index >= 15 is 0 Å². The molecule has 1 N–H and O–H groups in total. The molecule has 1 aromatic carbocycles. The summed E-state index contributed by atoms with van der Waals surface area (Å²) >= 11 is 5.59. The van der Waals surface area contributed by atoms with Crippen LogP contribution in [-0.4, -0.2) is 18.6 Å². The summed E-state index contributed by atoms with van der Waals surface area (Å²) in [5.41, 5.74) is 0.535. The minimum absolute atomic E-state index is 0.0438. The van der Waals surface area contributed by atoms with Gasteiger partial charge in [-0.1, -0.05) is 24.9 Å². The van der Waals surface area contributed by atoms with E-state index in [-0.39, 0.29) is 17.5 Å². The predicted octanol–water partition coefficient (Wildman–Crippen LogP) is 3.55. The van der Waals surface area contributed by atoms with Crippen LogP contribution in [0.15, 0.2) is 18.2 Å². The van der Waals surface area contributed by atoms with Gasteiger partial charge in [0.2, 0.25) is 0 Å². The lowest BCUT2D eigenvalue weighted by atomic mass is 9.77. The van der Waals surface area contributed by atoms with Crippen LogP contribution >= 0.6 is 11.6 Å².